The van der Waals surface area contributed by atoms with Crippen molar-refractivity contribution in [2.24, 2.45) is 0 Å². The van der Waals surface area contributed by atoms with Crippen LogP contribution in [0.5, 0.6) is 5.88 Å². The van der Waals surface area contributed by atoms with Gasteiger partial charge in [0.2, 0.25) is 11.6 Å². The molecule has 2 aromatic carbocycles. The lowest BCUT2D eigenvalue weighted by Crippen LogP contribution is -2.08. The van der Waals surface area contributed by atoms with Gasteiger partial charge in [-0.15, -0.1) is 12.4 Å². The van der Waals surface area contributed by atoms with Gasteiger partial charge in [-0.3, -0.25) is 9.20 Å². The van der Waals surface area contributed by atoms with Crippen LogP contribution in [0.4, 0.5) is 10.1 Å². The van der Waals surface area contributed by atoms with Crippen LogP contribution in [0.15, 0.2) is 54.9 Å². The van der Waals surface area contributed by atoms with Crippen LogP contribution in [-0.2, 0) is 11.2 Å². The Hall–Kier alpha value is -3.45. The zero-order valence-electron chi connectivity index (χ0n) is 16.9. The maximum Gasteiger partial charge on any atom is 0.258 e. The highest BCUT2D eigenvalue weighted by Crippen LogP contribution is 2.37. The van der Waals surface area contributed by atoms with Crippen LogP contribution in [0.1, 0.15) is 19.4 Å². The van der Waals surface area contributed by atoms with E-state index in [1.165, 1.54) is 12.1 Å². The summed E-state index contributed by atoms with van der Waals surface area (Å²) in [4.78, 5) is 21.0. The minimum atomic E-state index is -0.309. The first-order valence-electron chi connectivity index (χ1n) is 9.72. The van der Waals surface area contributed by atoms with Crippen LogP contribution in [0.25, 0.3) is 28.2 Å². The van der Waals surface area contributed by atoms with E-state index in [0.717, 1.165) is 28.1 Å². The number of hydrogen-bond acceptors (Lipinski definition) is 4. The lowest BCUT2D eigenvalue weighted by atomic mass is 10.0. The molecule has 0 unspecified atom stereocenters. The van der Waals surface area contributed by atoms with E-state index in [1.807, 2.05) is 42.6 Å². The van der Waals surface area contributed by atoms with Gasteiger partial charge in [-0.25, -0.2) is 14.4 Å². The Balaban J connectivity index is 0.00000231. The third-order valence-corrected chi connectivity index (χ3v) is 4.98. The number of benzene rings is 2. The molecule has 1 N–H and O–H groups in total. The quantitative estimate of drug-likeness (QED) is 0.491. The normalized spacial score (nSPS) is 12.6. The van der Waals surface area contributed by atoms with Crippen molar-refractivity contribution in [2.75, 3.05) is 5.32 Å². The van der Waals surface area contributed by atoms with Crippen molar-refractivity contribution >= 4 is 29.6 Å². The van der Waals surface area contributed by atoms with E-state index < -0.39 is 0 Å². The molecule has 1 aliphatic heterocycles. The molecule has 6 nitrogen and oxygen atoms in total. The Morgan fingerprint density at radius 2 is 1.87 bits per heavy atom. The Kier molecular flexibility index (Phi) is 5.37. The van der Waals surface area contributed by atoms with Crippen molar-refractivity contribution < 1.29 is 13.9 Å². The van der Waals surface area contributed by atoms with Gasteiger partial charge in [0.1, 0.15) is 5.82 Å². The molecule has 0 bridgehead atoms. The van der Waals surface area contributed by atoms with Gasteiger partial charge in [-0.05, 0) is 55.8 Å². The Morgan fingerprint density at radius 1 is 1.13 bits per heavy atom. The van der Waals surface area contributed by atoms with Crippen LogP contribution < -0.4 is 10.1 Å². The molecule has 31 heavy (non-hydrogen) atoms. The maximum atomic E-state index is 13.5. The predicted octanol–water partition coefficient (Wildman–Crippen LogP) is 4.91. The van der Waals surface area contributed by atoms with Crippen molar-refractivity contribution in [3.05, 3.63) is 66.2 Å². The van der Waals surface area contributed by atoms with Gasteiger partial charge >= 0.3 is 0 Å². The van der Waals surface area contributed by atoms with Crippen LogP contribution in [0, 0.1) is 5.82 Å². The standard InChI is InChI=1S/C23H19FN4O2.ClH/c1-13(2)30-23-22-27-20(14-3-6-17(24)7-4-14)21(28(22)10-9-25-23)15-5-8-18-16(11-15)12-19(29)26-18;/h3-11,13H,12H2,1-2H3,(H,26,29);1H. The Labute approximate surface area is 184 Å². The van der Waals surface area contributed by atoms with Gasteiger partial charge < -0.3 is 10.1 Å². The van der Waals surface area contributed by atoms with E-state index in [2.05, 4.69) is 10.3 Å². The molecule has 1 aliphatic rings. The maximum absolute atomic E-state index is 13.5. The van der Waals surface area contributed by atoms with Gasteiger partial charge in [0, 0.05) is 29.2 Å². The molecule has 3 heterocycles. The highest BCUT2D eigenvalue weighted by atomic mass is 35.5. The fourth-order valence-corrected chi connectivity index (χ4v) is 3.72. The third kappa shape index (κ3) is 3.72. The number of amides is 1. The molecule has 0 spiro atoms. The topological polar surface area (TPSA) is 68.5 Å². The molecule has 0 saturated heterocycles. The highest BCUT2D eigenvalue weighted by Gasteiger charge is 2.23. The summed E-state index contributed by atoms with van der Waals surface area (Å²) in [5.74, 6) is 0.104. The van der Waals surface area contributed by atoms with Gasteiger partial charge in [-0.1, -0.05) is 6.07 Å². The van der Waals surface area contributed by atoms with Gasteiger partial charge in [0.25, 0.3) is 5.88 Å². The third-order valence-electron chi connectivity index (χ3n) is 4.98. The molecule has 0 atom stereocenters. The summed E-state index contributed by atoms with van der Waals surface area (Å²) in [5, 5.41) is 2.86. The molecule has 0 saturated carbocycles. The lowest BCUT2D eigenvalue weighted by Gasteiger charge is -2.10. The largest absolute Gasteiger partial charge is 0.472 e. The second-order valence-electron chi connectivity index (χ2n) is 7.51. The molecule has 1 amide bonds. The van der Waals surface area contributed by atoms with E-state index >= 15 is 0 Å². The van der Waals surface area contributed by atoms with Crippen LogP contribution in [0.2, 0.25) is 0 Å². The van der Waals surface area contributed by atoms with Crippen LogP contribution in [0.3, 0.4) is 0 Å². The molecule has 0 fully saturated rings. The number of aromatic nitrogens is 3. The number of imidazole rings is 1. The monoisotopic (exact) mass is 438 g/mol. The summed E-state index contributed by atoms with van der Waals surface area (Å²) in [6, 6.07) is 12.1. The van der Waals surface area contributed by atoms with Crippen LogP contribution in [-0.4, -0.2) is 26.4 Å². The van der Waals surface area contributed by atoms with E-state index in [-0.39, 0.29) is 30.2 Å². The smallest absolute Gasteiger partial charge is 0.258 e. The molecule has 0 aliphatic carbocycles. The first-order chi connectivity index (χ1) is 14.5. The molecule has 5 rings (SSSR count). The van der Waals surface area contributed by atoms with Gasteiger partial charge in [-0.2, -0.15) is 0 Å². The summed E-state index contributed by atoms with van der Waals surface area (Å²) < 4.78 is 21.3. The molecule has 0 radical (unpaired) electrons. The molecular weight excluding hydrogens is 419 g/mol. The van der Waals surface area contributed by atoms with Crippen molar-refractivity contribution in [3.63, 3.8) is 0 Å². The van der Waals surface area contributed by atoms with E-state index in [4.69, 9.17) is 9.72 Å². The zero-order valence-corrected chi connectivity index (χ0v) is 17.7. The minimum absolute atomic E-state index is 0. The number of ether oxygens (including phenoxy) is 1. The number of nitrogens with zero attached hydrogens (tertiary/aromatic N) is 3. The number of carbonyl (C=O) groups is 1. The first kappa shape index (κ1) is 20.8. The van der Waals surface area contributed by atoms with Crippen LogP contribution >= 0.6 is 12.4 Å². The highest BCUT2D eigenvalue weighted by molar-refractivity contribution is 6.00. The second-order valence-corrected chi connectivity index (χ2v) is 7.51. The fraction of sp³-hybridized carbons (Fsp3) is 0.174. The summed E-state index contributed by atoms with van der Waals surface area (Å²) in [6.07, 6.45) is 3.78. The van der Waals surface area contributed by atoms with Gasteiger partial charge in [0.15, 0.2) is 0 Å². The zero-order chi connectivity index (χ0) is 20.8. The number of nitrogens with one attached hydrogen (secondary N) is 1. The van der Waals surface area contributed by atoms with Crippen molar-refractivity contribution in [3.8, 4) is 28.4 Å². The van der Waals surface area contributed by atoms with Gasteiger partial charge in [0.05, 0.1) is 23.9 Å². The number of carbonyl (C=O) groups excluding carboxylic acids is 1. The Morgan fingerprint density at radius 3 is 2.61 bits per heavy atom. The SMILES string of the molecule is CC(C)Oc1nccn2c(-c3ccc4c(c3)CC(=O)N4)c(-c3ccc(F)cc3)nc12.Cl. The minimum Gasteiger partial charge on any atom is -0.472 e. The van der Waals surface area contributed by atoms with E-state index in [9.17, 15) is 9.18 Å². The summed E-state index contributed by atoms with van der Waals surface area (Å²) >= 11 is 0. The Bertz CT molecular complexity index is 1280. The lowest BCUT2D eigenvalue weighted by molar-refractivity contribution is -0.115. The summed E-state index contributed by atoms with van der Waals surface area (Å²) in [6.45, 7) is 3.86. The predicted molar refractivity (Wildman–Crippen MR) is 119 cm³/mol. The van der Waals surface area contributed by atoms with Crippen molar-refractivity contribution in [1.82, 2.24) is 14.4 Å². The van der Waals surface area contributed by atoms with Crippen molar-refractivity contribution in [1.29, 1.82) is 0 Å². The molecule has 2 aromatic heterocycles. The van der Waals surface area contributed by atoms with E-state index in [0.29, 0.717) is 23.6 Å². The summed E-state index contributed by atoms with van der Waals surface area (Å²) in [5.41, 5.74) is 5.54. The molecular formula is C23H20ClFN4O2. The molecule has 4 aromatic rings. The fourth-order valence-electron chi connectivity index (χ4n) is 3.72. The average molecular weight is 439 g/mol. The number of hydrogen-bond donors (Lipinski definition) is 1. The second kappa shape index (κ2) is 8.00. The average Bonchev–Trinajstić information content (AvgIpc) is 3.28. The number of anilines is 1. The number of rotatable bonds is 4. The van der Waals surface area contributed by atoms with E-state index in [1.54, 1.807) is 18.3 Å². The summed E-state index contributed by atoms with van der Waals surface area (Å²) in [7, 11) is 0. The first-order valence-corrected chi connectivity index (χ1v) is 9.72. The molecule has 158 valence electrons. The number of halogens is 2. The molecule has 8 heteroatoms. The van der Waals surface area contributed by atoms with Crippen molar-refractivity contribution in [2.45, 2.75) is 26.4 Å². The number of fused-ring (bicyclic) bond motifs is 2.